The van der Waals surface area contributed by atoms with E-state index in [0.29, 0.717) is 5.02 Å². The van der Waals surface area contributed by atoms with Gasteiger partial charge in [-0.1, -0.05) is 44.5 Å². The van der Waals surface area contributed by atoms with E-state index in [1.165, 1.54) is 6.33 Å². The number of halogens is 1. The lowest BCUT2D eigenvalue weighted by Crippen LogP contribution is -2.15. The Morgan fingerprint density at radius 3 is 2.27 bits per heavy atom. The average molecular weight is 367 g/mol. The molecule has 0 aliphatic rings. The molecule has 0 radical (unpaired) electrons. The molecule has 0 unspecified atom stereocenters. The molecule has 3 aromatic rings. The highest BCUT2D eigenvalue weighted by molar-refractivity contribution is 6.30. The lowest BCUT2D eigenvalue weighted by Gasteiger charge is -2.21. The van der Waals surface area contributed by atoms with Gasteiger partial charge in [-0.15, -0.1) is 0 Å². The second-order valence-corrected chi connectivity index (χ2v) is 7.58. The summed E-state index contributed by atoms with van der Waals surface area (Å²) in [5.41, 5.74) is 4.21. The van der Waals surface area contributed by atoms with Gasteiger partial charge in [0.25, 0.3) is 0 Å². The topological polar surface area (TPSA) is 63.1 Å². The predicted molar refractivity (Wildman–Crippen MR) is 104 cm³/mol. The van der Waals surface area contributed by atoms with E-state index in [4.69, 9.17) is 11.6 Å². The minimum Gasteiger partial charge on any atom is -0.478 e. The van der Waals surface area contributed by atoms with Crippen LogP contribution in [-0.4, -0.2) is 21.0 Å². The largest absolute Gasteiger partial charge is 0.478 e. The van der Waals surface area contributed by atoms with Gasteiger partial charge in [-0.05, 0) is 47.0 Å². The first-order valence-electron chi connectivity index (χ1n) is 8.21. The van der Waals surface area contributed by atoms with Crippen LogP contribution in [0.1, 0.15) is 36.8 Å². The predicted octanol–water partition coefficient (Wildman–Crippen LogP) is 5.46. The van der Waals surface area contributed by atoms with Crippen LogP contribution in [0.5, 0.6) is 0 Å². The van der Waals surface area contributed by atoms with Crippen molar-refractivity contribution in [2.75, 3.05) is 0 Å². The molecular formula is C21H19ClN2O2. The molecule has 1 N–H and O–H groups in total. The van der Waals surface area contributed by atoms with Gasteiger partial charge in [-0.3, -0.25) is 0 Å². The van der Waals surface area contributed by atoms with E-state index in [0.717, 1.165) is 27.9 Å². The van der Waals surface area contributed by atoms with Gasteiger partial charge in [0.05, 0.1) is 11.3 Å². The minimum absolute atomic E-state index is 0.196. The first-order chi connectivity index (χ1) is 12.3. The summed E-state index contributed by atoms with van der Waals surface area (Å²) in [7, 11) is 0. The van der Waals surface area contributed by atoms with E-state index in [9.17, 15) is 9.90 Å². The second kappa shape index (κ2) is 6.89. The number of hydrogen-bond donors (Lipinski definition) is 1. The summed E-state index contributed by atoms with van der Waals surface area (Å²) < 4.78 is 0. The van der Waals surface area contributed by atoms with E-state index < -0.39 is 5.97 Å². The molecule has 0 amide bonds. The maximum absolute atomic E-state index is 11.7. The summed E-state index contributed by atoms with van der Waals surface area (Å²) in [6.45, 7) is 6.21. The Morgan fingerprint density at radius 2 is 1.65 bits per heavy atom. The molecule has 5 heteroatoms. The number of benzene rings is 2. The monoisotopic (exact) mass is 366 g/mol. The molecule has 0 saturated heterocycles. The van der Waals surface area contributed by atoms with Gasteiger partial charge in [0, 0.05) is 22.2 Å². The van der Waals surface area contributed by atoms with Gasteiger partial charge < -0.3 is 5.11 Å². The number of aromatic carboxylic acids is 1. The van der Waals surface area contributed by atoms with Crippen molar-refractivity contribution in [2.45, 2.75) is 26.2 Å². The number of nitrogens with zero attached hydrogens (tertiary/aromatic N) is 2. The number of carboxylic acids is 1. The zero-order valence-electron chi connectivity index (χ0n) is 14.8. The summed E-state index contributed by atoms with van der Waals surface area (Å²) in [5.74, 6) is -0.976. The lowest BCUT2D eigenvalue weighted by atomic mass is 9.86. The van der Waals surface area contributed by atoms with Crippen molar-refractivity contribution >= 4 is 17.6 Å². The molecular weight excluding hydrogens is 348 g/mol. The fourth-order valence-electron chi connectivity index (χ4n) is 2.85. The van der Waals surface area contributed by atoms with Gasteiger partial charge in [-0.2, -0.15) is 0 Å². The maximum Gasteiger partial charge on any atom is 0.335 e. The highest BCUT2D eigenvalue weighted by atomic mass is 35.5. The van der Waals surface area contributed by atoms with Crippen molar-refractivity contribution in [3.05, 3.63) is 71.3 Å². The summed E-state index contributed by atoms with van der Waals surface area (Å²) in [4.78, 5) is 20.2. The number of carbonyl (C=O) groups is 1. The number of hydrogen-bond acceptors (Lipinski definition) is 3. The van der Waals surface area contributed by atoms with Crippen LogP contribution in [0, 0.1) is 0 Å². The van der Waals surface area contributed by atoms with Crippen molar-refractivity contribution in [3.8, 4) is 22.3 Å². The normalized spacial score (nSPS) is 11.4. The third-order valence-corrected chi connectivity index (χ3v) is 4.34. The van der Waals surface area contributed by atoms with Crippen molar-refractivity contribution in [3.63, 3.8) is 0 Å². The standard InChI is InChI=1S/C21H19ClN2O2/c1-21(2,3)19-18(11-23-12-24-19)15-8-14(9-16(10-15)20(25)26)13-4-6-17(22)7-5-13/h4-12H,1-3H3,(H,25,26). The van der Waals surface area contributed by atoms with Crippen molar-refractivity contribution in [2.24, 2.45) is 0 Å². The fourth-order valence-corrected chi connectivity index (χ4v) is 2.98. The summed E-state index contributed by atoms with van der Waals surface area (Å²) in [6.07, 6.45) is 3.26. The van der Waals surface area contributed by atoms with E-state index in [2.05, 4.69) is 30.7 Å². The van der Waals surface area contributed by atoms with E-state index in [1.807, 2.05) is 18.2 Å². The Labute approximate surface area is 157 Å². The van der Waals surface area contributed by atoms with Crippen LogP contribution in [-0.2, 0) is 5.41 Å². The molecule has 0 spiro atoms. The minimum atomic E-state index is -0.976. The molecule has 0 fully saturated rings. The van der Waals surface area contributed by atoms with Crippen LogP contribution in [0.3, 0.4) is 0 Å². The Bertz CT molecular complexity index is 960. The zero-order chi connectivity index (χ0) is 18.9. The molecule has 26 heavy (non-hydrogen) atoms. The molecule has 0 bridgehead atoms. The second-order valence-electron chi connectivity index (χ2n) is 7.15. The maximum atomic E-state index is 11.7. The summed E-state index contributed by atoms with van der Waals surface area (Å²) in [6, 6.07) is 12.6. The average Bonchev–Trinajstić information content (AvgIpc) is 2.61. The molecule has 1 heterocycles. The van der Waals surface area contributed by atoms with Crippen LogP contribution in [0.2, 0.25) is 5.02 Å². The first kappa shape index (κ1) is 18.1. The van der Waals surface area contributed by atoms with Gasteiger partial charge in [-0.25, -0.2) is 14.8 Å². The third-order valence-electron chi connectivity index (χ3n) is 4.09. The van der Waals surface area contributed by atoms with E-state index >= 15 is 0 Å². The molecule has 0 aliphatic heterocycles. The fraction of sp³-hybridized carbons (Fsp3) is 0.190. The quantitative estimate of drug-likeness (QED) is 0.668. The van der Waals surface area contributed by atoms with Gasteiger partial charge >= 0.3 is 5.97 Å². The molecule has 0 saturated carbocycles. The van der Waals surface area contributed by atoms with Crippen LogP contribution >= 0.6 is 11.6 Å². The summed E-state index contributed by atoms with van der Waals surface area (Å²) in [5, 5.41) is 10.2. The van der Waals surface area contributed by atoms with Crippen molar-refractivity contribution in [1.29, 1.82) is 0 Å². The molecule has 3 rings (SSSR count). The molecule has 2 aromatic carbocycles. The SMILES string of the molecule is CC(C)(C)c1ncncc1-c1cc(C(=O)O)cc(-c2ccc(Cl)cc2)c1. The van der Waals surface area contributed by atoms with Crippen LogP contribution in [0.15, 0.2) is 55.0 Å². The van der Waals surface area contributed by atoms with Crippen LogP contribution in [0.25, 0.3) is 22.3 Å². The number of rotatable bonds is 3. The molecule has 1 aromatic heterocycles. The van der Waals surface area contributed by atoms with E-state index in [1.54, 1.807) is 30.5 Å². The molecule has 4 nitrogen and oxygen atoms in total. The highest BCUT2D eigenvalue weighted by Crippen LogP contribution is 2.34. The van der Waals surface area contributed by atoms with E-state index in [-0.39, 0.29) is 11.0 Å². The van der Waals surface area contributed by atoms with Crippen LogP contribution < -0.4 is 0 Å². The Hall–Kier alpha value is -2.72. The van der Waals surface area contributed by atoms with Crippen molar-refractivity contribution in [1.82, 2.24) is 9.97 Å². The van der Waals surface area contributed by atoms with Gasteiger partial charge in [0.2, 0.25) is 0 Å². The van der Waals surface area contributed by atoms with Gasteiger partial charge in [0.1, 0.15) is 6.33 Å². The van der Waals surface area contributed by atoms with Crippen LogP contribution in [0.4, 0.5) is 0 Å². The highest BCUT2D eigenvalue weighted by Gasteiger charge is 2.21. The first-order valence-corrected chi connectivity index (χ1v) is 8.58. The molecule has 0 atom stereocenters. The molecule has 0 aliphatic carbocycles. The van der Waals surface area contributed by atoms with Gasteiger partial charge in [0.15, 0.2) is 0 Å². The number of aromatic nitrogens is 2. The molecule has 132 valence electrons. The Kier molecular flexibility index (Phi) is 4.79. The van der Waals surface area contributed by atoms with Crippen molar-refractivity contribution < 1.29 is 9.90 Å². The zero-order valence-corrected chi connectivity index (χ0v) is 15.6. The Balaban J connectivity index is 2.23. The lowest BCUT2D eigenvalue weighted by molar-refractivity contribution is 0.0697. The third kappa shape index (κ3) is 3.75. The smallest absolute Gasteiger partial charge is 0.335 e. The number of carboxylic acid groups (broad SMARTS) is 1. The summed E-state index contributed by atoms with van der Waals surface area (Å²) >= 11 is 5.97. The Morgan fingerprint density at radius 1 is 1.00 bits per heavy atom.